The zero-order valence-electron chi connectivity index (χ0n) is 7.26. The molecule has 5 heteroatoms. The number of nitrogens with one attached hydrogen (secondary N) is 1. The molecular formula is C8H11BrN2OS. The Morgan fingerprint density at radius 2 is 2.46 bits per heavy atom. The van der Waals surface area contributed by atoms with Crippen molar-refractivity contribution in [2.24, 2.45) is 5.73 Å². The number of alkyl halides is 1. The van der Waals surface area contributed by atoms with Gasteiger partial charge in [0.25, 0.3) is 5.91 Å². The van der Waals surface area contributed by atoms with Gasteiger partial charge in [0.1, 0.15) is 5.00 Å². The van der Waals surface area contributed by atoms with Gasteiger partial charge in [-0.25, -0.2) is 0 Å². The number of rotatable bonds is 4. The van der Waals surface area contributed by atoms with E-state index in [9.17, 15) is 4.79 Å². The summed E-state index contributed by atoms with van der Waals surface area (Å²) in [6.45, 7) is 2.68. The van der Waals surface area contributed by atoms with Crippen LogP contribution >= 0.6 is 27.3 Å². The SMILES string of the molecule is Cc1csc(NCCBr)c1C(N)=O. The molecule has 0 aliphatic carbocycles. The second kappa shape index (κ2) is 4.62. The normalized spacial score (nSPS) is 10.0. The van der Waals surface area contributed by atoms with E-state index in [1.165, 1.54) is 11.3 Å². The van der Waals surface area contributed by atoms with Crippen molar-refractivity contribution in [3.8, 4) is 0 Å². The van der Waals surface area contributed by atoms with E-state index in [0.29, 0.717) is 5.56 Å². The maximum Gasteiger partial charge on any atom is 0.251 e. The van der Waals surface area contributed by atoms with Crippen LogP contribution in [0.2, 0.25) is 0 Å². The number of hydrogen-bond donors (Lipinski definition) is 2. The topological polar surface area (TPSA) is 55.1 Å². The Labute approximate surface area is 89.5 Å². The first-order valence-corrected chi connectivity index (χ1v) is 5.84. The molecule has 0 aromatic carbocycles. The average Bonchev–Trinajstić information content (AvgIpc) is 2.43. The first kappa shape index (κ1) is 10.5. The van der Waals surface area contributed by atoms with E-state index in [2.05, 4.69) is 21.2 Å². The lowest BCUT2D eigenvalue weighted by Crippen LogP contribution is -2.14. The first-order chi connectivity index (χ1) is 6.16. The van der Waals surface area contributed by atoms with E-state index >= 15 is 0 Å². The lowest BCUT2D eigenvalue weighted by Gasteiger charge is -2.03. The number of hydrogen-bond acceptors (Lipinski definition) is 3. The molecule has 0 radical (unpaired) electrons. The van der Waals surface area contributed by atoms with Gasteiger partial charge in [-0.3, -0.25) is 4.79 Å². The second-order valence-electron chi connectivity index (χ2n) is 2.60. The summed E-state index contributed by atoms with van der Waals surface area (Å²) in [4.78, 5) is 11.0. The van der Waals surface area contributed by atoms with Crippen LogP contribution in [0.5, 0.6) is 0 Å². The van der Waals surface area contributed by atoms with Crippen molar-refractivity contribution in [2.45, 2.75) is 6.92 Å². The summed E-state index contributed by atoms with van der Waals surface area (Å²) in [6, 6.07) is 0. The van der Waals surface area contributed by atoms with Gasteiger partial charge >= 0.3 is 0 Å². The predicted octanol–water partition coefficient (Wildman–Crippen LogP) is 1.96. The molecule has 0 fully saturated rings. The summed E-state index contributed by atoms with van der Waals surface area (Å²) in [5, 5.41) is 6.78. The Hall–Kier alpha value is -0.550. The van der Waals surface area contributed by atoms with Crippen molar-refractivity contribution in [3.05, 3.63) is 16.5 Å². The summed E-state index contributed by atoms with van der Waals surface area (Å²) in [7, 11) is 0. The van der Waals surface area contributed by atoms with Crippen LogP contribution in [-0.4, -0.2) is 17.8 Å². The lowest BCUT2D eigenvalue weighted by molar-refractivity contribution is 0.100. The maximum absolute atomic E-state index is 11.0. The Balaban J connectivity index is 2.87. The molecule has 1 aromatic rings. The summed E-state index contributed by atoms with van der Waals surface area (Å²) in [6.07, 6.45) is 0. The number of anilines is 1. The van der Waals surface area contributed by atoms with Gasteiger partial charge in [-0.15, -0.1) is 11.3 Å². The molecule has 0 saturated heterocycles. The highest BCUT2D eigenvalue weighted by molar-refractivity contribution is 9.09. The van der Waals surface area contributed by atoms with Crippen molar-refractivity contribution < 1.29 is 4.79 Å². The van der Waals surface area contributed by atoms with Crippen LogP contribution in [0.1, 0.15) is 15.9 Å². The van der Waals surface area contributed by atoms with Gasteiger partial charge in [0, 0.05) is 11.9 Å². The number of primary amides is 1. The zero-order valence-corrected chi connectivity index (χ0v) is 9.67. The molecule has 0 aliphatic rings. The molecule has 1 heterocycles. The molecule has 0 aliphatic heterocycles. The number of halogens is 1. The van der Waals surface area contributed by atoms with Crippen molar-refractivity contribution in [1.82, 2.24) is 0 Å². The predicted molar refractivity (Wildman–Crippen MR) is 59.9 cm³/mol. The number of aryl methyl sites for hydroxylation is 1. The summed E-state index contributed by atoms with van der Waals surface area (Å²) < 4.78 is 0. The van der Waals surface area contributed by atoms with Crippen LogP contribution in [0.15, 0.2) is 5.38 Å². The molecule has 72 valence electrons. The van der Waals surface area contributed by atoms with Crippen LogP contribution in [0, 0.1) is 6.92 Å². The largest absolute Gasteiger partial charge is 0.375 e. The van der Waals surface area contributed by atoms with Gasteiger partial charge in [-0.05, 0) is 17.9 Å². The molecular weight excluding hydrogens is 252 g/mol. The Bertz CT molecular complexity index is 311. The molecule has 0 saturated carbocycles. The van der Waals surface area contributed by atoms with Gasteiger partial charge < -0.3 is 11.1 Å². The molecule has 0 atom stereocenters. The van der Waals surface area contributed by atoms with E-state index < -0.39 is 0 Å². The third-order valence-electron chi connectivity index (χ3n) is 1.60. The third-order valence-corrected chi connectivity index (χ3v) is 3.05. The fraction of sp³-hybridized carbons (Fsp3) is 0.375. The van der Waals surface area contributed by atoms with Crippen molar-refractivity contribution in [1.29, 1.82) is 0 Å². The van der Waals surface area contributed by atoms with Crippen LogP contribution in [-0.2, 0) is 0 Å². The number of carbonyl (C=O) groups is 1. The maximum atomic E-state index is 11.0. The Morgan fingerprint density at radius 1 is 1.77 bits per heavy atom. The molecule has 3 N–H and O–H groups in total. The van der Waals surface area contributed by atoms with E-state index in [1.807, 2.05) is 12.3 Å². The standard InChI is InChI=1S/C8H11BrN2OS/c1-5-4-13-8(11-3-2-9)6(5)7(10)12/h4,11H,2-3H2,1H3,(H2,10,12). The highest BCUT2D eigenvalue weighted by Crippen LogP contribution is 2.26. The van der Waals surface area contributed by atoms with Gasteiger partial charge in [-0.1, -0.05) is 15.9 Å². The molecule has 0 bridgehead atoms. The van der Waals surface area contributed by atoms with E-state index in [1.54, 1.807) is 0 Å². The molecule has 1 amide bonds. The zero-order chi connectivity index (χ0) is 9.84. The van der Waals surface area contributed by atoms with Crippen LogP contribution in [0.3, 0.4) is 0 Å². The Morgan fingerprint density at radius 3 is 3.00 bits per heavy atom. The van der Waals surface area contributed by atoms with Gasteiger partial charge in [0.05, 0.1) is 5.56 Å². The molecule has 0 unspecified atom stereocenters. The molecule has 1 rings (SSSR count). The van der Waals surface area contributed by atoms with Gasteiger partial charge in [0.15, 0.2) is 0 Å². The molecule has 0 spiro atoms. The van der Waals surface area contributed by atoms with Crippen LogP contribution < -0.4 is 11.1 Å². The quantitative estimate of drug-likeness (QED) is 0.816. The molecule has 13 heavy (non-hydrogen) atoms. The number of carbonyl (C=O) groups excluding carboxylic acids is 1. The van der Waals surface area contributed by atoms with E-state index in [0.717, 1.165) is 22.4 Å². The number of nitrogens with two attached hydrogens (primary N) is 1. The molecule has 1 aromatic heterocycles. The minimum Gasteiger partial charge on any atom is -0.375 e. The van der Waals surface area contributed by atoms with Gasteiger partial charge in [-0.2, -0.15) is 0 Å². The summed E-state index contributed by atoms with van der Waals surface area (Å²) in [5.74, 6) is -0.365. The second-order valence-corrected chi connectivity index (χ2v) is 4.28. The van der Waals surface area contributed by atoms with Crippen molar-refractivity contribution >= 4 is 38.2 Å². The fourth-order valence-electron chi connectivity index (χ4n) is 1.04. The van der Waals surface area contributed by atoms with Crippen molar-refractivity contribution in [2.75, 3.05) is 17.2 Å². The minimum atomic E-state index is -0.365. The van der Waals surface area contributed by atoms with E-state index in [4.69, 9.17) is 5.73 Å². The smallest absolute Gasteiger partial charge is 0.251 e. The highest BCUT2D eigenvalue weighted by atomic mass is 79.9. The lowest BCUT2D eigenvalue weighted by atomic mass is 10.2. The van der Waals surface area contributed by atoms with E-state index in [-0.39, 0.29) is 5.91 Å². The summed E-state index contributed by atoms with van der Waals surface area (Å²) >= 11 is 4.81. The fourth-order valence-corrected chi connectivity index (χ4v) is 2.22. The highest BCUT2D eigenvalue weighted by Gasteiger charge is 2.12. The summed E-state index contributed by atoms with van der Waals surface area (Å²) in [5.41, 5.74) is 6.80. The van der Waals surface area contributed by atoms with Gasteiger partial charge in [0.2, 0.25) is 0 Å². The third kappa shape index (κ3) is 2.45. The Kier molecular flexibility index (Phi) is 3.74. The van der Waals surface area contributed by atoms with Crippen LogP contribution in [0.25, 0.3) is 0 Å². The molecule has 3 nitrogen and oxygen atoms in total. The first-order valence-electron chi connectivity index (χ1n) is 3.84. The number of amides is 1. The average molecular weight is 263 g/mol. The monoisotopic (exact) mass is 262 g/mol. The van der Waals surface area contributed by atoms with Crippen molar-refractivity contribution in [3.63, 3.8) is 0 Å². The van der Waals surface area contributed by atoms with Crippen LogP contribution in [0.4, 0.5) is 5.00 Å². The number of thiophene rings is 1. The minimum absolute atomic E-state index is 0.365.